The van der Waals surface area contributed by atoms with Crippen LogP contribution in [0.2, 0.25) is 0 Å². The molecule has 0 saturated carbocycles. The number of hydrogen-bond acceptors (Lipinski definition) is 3. The third kappa shape index (κ3) is 5.11. The number of carbonyl (C=O) groups excluding carboxylic acids is 2. The van der Waals surface area contributed by atoms with E-state index in [1.807, 2.05) is 0 Å². The number of carboxylic acids is 1. The van der Waals surface area contributed by atoms with Gasteiger partial charge in [-0.2, -0.15) is 0 Å². The maximum Gasteiger partial charge on any atom is 0.322 e. The molecule has 0 radical (unpaired) electrons. The number of rotatable bonds is 6. The Labute approximate surface area is 104 Å². The SMILES string of the molecule is O=C(O)CNC(=O)CCNC(=O)c1ccccc1. The van der Waals surface area contributed by atoms with Crippen molar-refractivity contribution in [3.63, 3.8) is 0 Å². The fourth-order valence-corrected chi connectivity index (χ4v) is 1.24. The van der Waals surface area contributed by atoms with E-state index in [0.29, 0.717) is 5.56 Å². The first-order chi connectivity index (χ1) is 8.59. The van der Waals surface area contributed by atoms with E-state index in [1.54, 1.807) is 30.3 Å². The van der Waals surface area contributed by atoms with Crippen molar-refractivity contribution >= 4 is 17.8 Å². The van der Waals surface area contributed by atoms with E-state index in [1.165, 1.54) is 0 Å². The molecule has 1 aromatic rings. The molecule has 0 aliphatic heterocycles. The van der Waals surface area contributed by atoms with Crippen LogP contribution >= 0.6 is 0 Å². The maximum absolute atomic E-state index is 11.6. The van der Waals surface area contributed by atoms with E-state index in [4.69, 9.17) is 5.11 Å². The molecular weight excluding hydrogens is 236 g/mol. The zero-order valence-corrected chi connectivity index (χ0v) is 9.68. The van der Waals surface area contributed by atoms with Gasteiger partial charge in [-0.15, -0.1) is 0 Å². The molecule has 2 amide bonds. The molecule has 0 aromatic heterocycles. The number of benzene rings is 1. The lowest BCUT2D eigenvalue weighted by molar-refractivity contribution is -0.137. The van der Waals surface area contributed by atoms with Crippen LogP contribution in [0.3, 0.4) is 0 Å². The second-order valence-electron chi connectivity index (χ2n) is 3.54. The predicted molar refractivity (Wildman–Crippen MR) is 64.0 cm³/mol. The van der Waals surface area contributed by atoms with Crippen LogP contribution in [0.4, 0.5) is 0 Å². The third-order valence-electron chi connectivity index (χ3n) is 2.11. The number of carboxylic acid groups (broad SMARTS) is 1. The minimum atomic E-state index is -1.10. The van der Waals surface area contributed by atoms with Gasteiger partial charge < -0.3 is 15.7 Å². The summed E-state index contributed by atoms with van der Waals surface area (Å²) < 4.78 is 0. The average molecular weight is 250 g/mol. The molecular formula is C12H14N2O4. The van der Waals surface area contributed by atoms with Gasteiger partial charge in [-0.1, -0.05) is 18.2 Å². The van der Waals surface area contributed by atoms with E-state index in [-0.39, 0.29) is 18.9 Å². The molecule has 1 aromatic carbocycles. The Kier molecular flexibility index (Phi) is 5.37. The Balaban J connectivity index is 2.24. The quantitative estimate of drug-likeness (QED) is 0.662. The zero-order valence-electron chi connectivity index (χ0n) is 9.68. The molecule has 96 valence electrons. The van der Waals surface area contributed by atoms with Crippen molar-refractivity contribution in [2.45, 2.75) is 6.42 Å². The summed E-state index contributed by atoms with van der Waals surface area (Å²) in [5.41, 5.74) is 0.517. The Hall–Kier alpha value is -2.37. The normalized spacial score (nSPS) is 9.56. The van der Waals surface area contributed by atoms with Gasteiger partial charge in [-0.25, -0.2) is 0 Å². The maximum atomic E-state index is 11.6. The Morgan fingerprint density at radius 3 is 2.33 bits per heavy atom. The first-order valence-electron chi connectivity index (χ1n) is 5.41. The minimum Gasteiger partial charge on any atom is -0.480 e. The van der Waals surface area contributed by atoms with Gasteiger partial charge in [-0.05, 0) is 12.1 Å². The summed E-state index contributed by atoms with van der Waals surface area (Å²) in [4.78, 5) is 32.9. The summed E-state index contributed by atoms with van der Waals surface area (Å²) in [6, 6.07) is 8.62. The summed E-state index contributed by atoms with van der Waals surface area (Å²) in [5.74, 6) is -1.77. The lowest BCUT2D eigenvalue weighted by atomic mass is 10.2. The van der Waals surface area contributed by atoms with Crippen molar-refractivity contribution in [1.82, 2.24) is 10.6 Å². The summed E-state index contributed by atoms with van der Waals surface area (Å²) in [5, 5.41) is 13.1. The number of amides is 2. The van der Waals surface area contributed by atoms with Gasteiger partial charge in [0.2, 0.25) is 5.91 Å². The standard InChI is InChI=1S/C12H14N2O4/c15-10(14-8-11(16)17)6-7-13-12(18)9-4-2-1-3-5-9/h1-5H,6-8H2,(H,13,18)(H,14,15)(H,16,17). The smallest absolute Gasteiger partial charge is 0.322 e. The number of nitrogens with one attached hydrogen (secondary N) is 2. The van der Waals surface area contributed by atoms with Crippen LogP contribution in [0.15, 0.2) is 30.3 Å². The molecule has 0 saturated heterocycles. The molecule has 6 nitrogen and oxygen atoms in total. The minimum absolute atomic E-state index is 0.0475. The largest absolute Gasteiger partial charge is 0.480 e. The van der Waals surface area contributed by atoms with Gasteiger partial charge in [0.15, 0.2) is 0 Å². The average Bonchev–Trinajstić information content (AvgIpc) is 2.37. The van der Waals surface area contributed by atoms with Gasteiger partial charge in [0, 0.05) is 18.5 Å². The molecule has 0 unspecified atom stereocenters. The van der Waals surface area contributed by atoms with Crippen molar-refractivity contribution in [1.29, 1.82) is 0 Å². The van der Waals surface area contributed by atoms with Crippen LogP contribution in [0.5, 0.6) is 0 Å². The van der Waals surface area contributed by atoms with Crippen molar-refractivity contribution in [2.24, 2.45) is 0 Å². The van der Waals surface area contributed by atoms with Crippen LogP contribution in [0, 0.1) is 0 Å². The lowest BCUT2D eigenvalue weighted by Crippen LogP contribution is -2.33. The molecule has 0 spiro atoms. The van der Waals surface area contributed by atoms with E-state index in [2.05, 4.69) is 10.6 Å². The highest BCUT2D eigenvalue weighted by Crippen LogP contribution is 1.97. The highest BCUT2D eigenvalue weighted by molar-refractivity contribution is 5.94. The van der Waals surface area contributed by atoms with Gasteiger partial charge in [0.1, 0.15) is 6.54 Å². The summed E-state index contributed by atoms with van der Waals surface area (Å²) >= 11 is 0. The molecule has 3 N–H and O–H groups in total. The van der Waals surface area contributed by atoms with Crippen molar-refractivity contribution in [2.75, 3.05) is 13.1 Å². The molecule has 0 bridgehead atoms. The lowest BCUT2D eigenvalue weighted by Gasteiger charge is -2.05. The Morgan fingerprint density at radius 2 is 1.72 bits per heavy atom. The third-order valence-corrected chi connectivity index (χ3v) is 2.11. The van der Waals surface area contributed by atoms with Gasteiger partial charge in [0.05, 0.1) is 0 Å². The zero-order chi connectivity index (χ0) is 13.4. The van der Waals surface area contributed by atoms with Crippen LogP contribution in [0.1, 0.15) is 16.8 Å². The number of aliphatic carboxylic acids is 1. The van der Waals surface area contributed by atoms with E-state index < -0.39 is 18.4 Å². The number of hydrogen-bond donors (Lipinski definition) is 3. The molecule has 0 atom stereocenters. The second kappa shape index (κ2) is 7.05. The van der Waals surface area contributed by atoms with Crippen LogP contribution in [-0.2, 0) is 9.59 Å². The molecule has 0 aliphatic rings. The molecule has 0 heterocycles. The topological polar surface area (TPSA) is 95.5 Å². The summed E-state index contributed by atoms with van der Waals surface area (Å²) in [6.07, 6.45) is 0.0475. The first-order valence-corrected chi connectivity index (χ1v) is 5.41. The predicted octanol–water partition coefficient (Wildman–Crippen LogP) is 0.00730. The van der Waals surface area contributed by atoms with Gasteiger partial charge in [0.25, 0.3) is 5.91 Å². The van der Waals surface area contributed by atoms with Gasteiger partial charge in [-0.3, -0.25) is 14.4 Å². The van der Waals surface area contributed by atoms with Crippen LogP contribution in [0.25, 0.3) is 0 Å². The van der Waals surface area contributed by atoms with E-state index in [0.717, 1.165) is 0 Å². The Bertz CT molecular complexity index is 431. The van der Waals surface area contributed by atoms with Crippen molar-refractivity contribution in [3.05, 3.63) is 35.9 Å². The van der Waals surface area contributed by atoms with Gasteiger partial charge >= 0.3 is 5.97 Å². The second-order valence-corrected chi connectivity index (χ2v) is 3.54. The first kappa shape index (κ1) is 13.7. The molecule has 1 rings (SSSR count). The van der Waals surface area contributed by atoms with Crippen molar-refractivity contribution < 1.29 is 19.5 Å². The summed E-state index contributed by atoms with van der Waals surface area (Å²) in [7, 11) is 0. The number of carbonyl (C=O) groups is 3. The van der Waals surface area contributed by atoms with Crippen LogP contribution < -0.4 is 10.6 Å². The molecule has 0 aliphatic carbocycles. The van der Waals surface area contributed by atoms with Crippen molar-refractivity contribution in [3.8, 4) is 0 Å². The van der Waals surface area contributed by atoms with E-state index in [9.17, 15) is 14.4 Å². The highest BCUT2D eigenvalue weighted by atomic mass is 16.4. The monoisotopic (exact) mass is 250 g/mol. The highest BCUT2D eigenvalue weighted by Gasteiger charge is 2.06. The fraction of sp³-hybridized carbons (Fsp3) is 0.250. The molecule has 18 heavy (non-hydrogen) atoms. The Morgan fingerprint density at radius 1 is 1.06 bits per heavy atom. The van der Waals surface area contributed by atoms with Crippen LogP contribution in [-0.4, -0.2) is 36.0 Å². The molecule has 6 heteroatoms. The summed E-state index contributed by atoms with van der Waals surface area (Å²) in [6.45, 7) is -0.245. The fourth-order valence-electron chi connectivity index (χ4n) is 1.24. The van der Waals surface area contributed by atoms with E-state index >= 15 is 0 Å². The molecule has 0 fully saturated rings.